The zero-order valence-corrected chi connectivity index (χ0v) is 8.22. The topological polar surface area (TPSA) is 81.3 Å². The number of ether oxygens (including phenoxy) is 1. The zero-order valence-electron chi connectivity index (χ0n) is 8.22. The van der Waals surface area contributed by atoms with Crippen molar-refractivity contribution in [3.63, 3.8) is 0 Å². The van der Waals surface area contributed by atoms with Crippen LogP contribution in [0.4, 0.5) is 5.95 Å². The predicted molar refractivity (Wildman–Crippen MR) is 53.6 cm³/mol. The number of morpholine rings is 1. The summed E-state index contributed by atoms with van der Waals surface area (Å²) < 4.78 is 5.21. The lowest BCUT2D eigenvalue weighted by atomic mass is 10.4. The number of nitrogens with zero attached hydrogens (tertiary/aromatic N) is 3. The summed E-state index contributed by atoms with van der Waals surface area (Å²) in [4.78, 5) is 21.1. The Morgan fingerprint density at radius 1 is 1.47 bits per heavy atom. The molecule has 2 N–H and O–H groups in total. The quantitative estimate of drug-likeness (QED) is 0.702. The monoisotopic (exact) mass is 208 g/mol. The Balaban J connectivity index is 2.19. The maximum atomic E-state index is 10.9. The van der Waals surface area contributed by atoms with E-state index in [1.165, 1.54) is 12.3 Å². The van der Waals surface area contributed by atoms with E-state index in [9.17, 15) is 4.79 Å². The molecule has 6 nitrogen and oxygen atoms in total. The summed E-state index contributed by atoms with van der Waals surface area (Å²) >= 11 is 0. The number of aromatic nitrogens is 2. The van der Waals surface area contributed by atoms with Crippen molar-refractivity contribution < 1.29 is 9.53 Å². The highest BCUT2D eigenvalue weighted by Gasteiger charge is 2.14. The van der Waals surface area contributed by atoms with Gasteiger partial charge in [0, 0.05) is 19.3 Å². The van der Waals surface area contributed by atoms with E-state index in [-0.39, 0.29) is 5.69 Å². The molecule has 1 aliphatic heterocycles. The van der Waals surface area contributed by atoms with E-state index in [0.717, 1.165) is 13.1 Å². The van der Waals surface area contributed by atoms with Gasteiger partial charge in [-0.2, -0.15) is 0 Å². The standard InChI is InChI=1S/C9H12N4O2/c10-8(14)7-1-2-11-9(12-7)13-3-5-15-6-4-13/h1-2H,3-6H2,(H2,10,14). The molecule has 0 aromatic carbocycles. The number of nitrogens with two attached hydrogens (primary N) is 1. The number of amides is 1. The molecule has 2 heterocycles. The van der Waals surface area contributed by atoms with Crippen molar-refractivity contribution in [1.29, 1.82) is 0 Å². The maximum Gasteiger partial charge on any atom is 0.267 e. The number of carbonyl (C=O) groups excluding carboxylic acids is 1. The van der Waals surface area contributed by atoms with E-state index in [4.69, 9.17) is 10.5 Å². The first-order chi connectivity index (χ1) is 7.27. The third-order valence-electron chi connectivity index (χ3n) is 2.19. The van der Waals surface area contributed by atoms with E-state index in [0.29, 0.717) is 19.2 Å². The summed E-state index contributed by atoms with van der Waals surface area (Å²) in [5.41, 5.74) is 5.38. The van der Waals surface area contributed by atoms with Crippen molar-refractivity contribution in [3.8, 4) is 0 Å². The second-order valence-corrected chi connectivity index (χ2v) is 3.21. The van der Waals surface area contributed by atoms with E-state index in [1.807, 2.05) is 4.90 Å². The van der Waals surface area contributed by atoms with Crippen LogP contribution in [0.1, 0.15) is 10.5 Å². The summed E-state index contributed by atoms with van der Waals surface area (Å²) in [7, 11) is 0. The highest BCUT2D eigenvalue weighted by atomic mass is 16.5. The van der Waals surface area contributed by atoms with Gasteiger partial charge >= 0.3 is 0 Å². The Morgan fingerprint density at radius 2 is 2.20 bits per heavy atom. The minimum Gasteiger partial charge on any atom is -0.378 e. The number of carbonyl (C=O) groups is 1. The molecule has 1 fully saturated rings. The highest BCUT2D eigenvalue weighted by Crippen LogP contribution is 2.09. The summed E-state index contributed by atoms with van der Waals surface area (Å²) in [5, 5.41) is 0. The lowest BCUT2D eigenvalue weighted by Crippen LogP contribution is -2.37. The zero-order chi connectivity index (χ0) is 10.7. The van der Waals surface area contributed by atoms with Crippen LogP contribution >= 0.6 is 0 Å². The lowest BCUT2D eigenvalue weighted by molar-refractivity contribution is 0.0995. The van der Waals surface area contributed by atoms with Crippen LogP contribution in [0.15, 0.2) is 12.3 Å². The van der Waals surface area contributed by atoms with Crippen LogP contribution in [-0.2, 0) is 4.74 Å². The van der Waals surface area contributed by atoms with Crippen molar-refractivity contribution in [1.82, 2.24) is 9.97 Å². The normalized spacial score (nSPS) is 16.4. The molecule has 0 bridgehead atoms. The van der Waals surface area contributed by atoms with Crippen LogP contribution < -0.4 is 10.6 Å². The first-order valence-electron chi connectivity index (χ1n) is 4.73. The van der Waals surface area contributed by atoms with Gasteiger partial charge in [0.25, 0.3) is 5.91 Å². The molecule has 15 heavy (non-hydrogen) atoms. The summed E-state index contributed by atoms with van der Waals surface area (Å²) in [6.45, 7) is 2.79. The smallest absolute Gasteiger partial charge is 0.267 e. The lowest BCUT2D eigenvalue weighted by Gasteiger charge is -2.26. The van der Waals surface area contributed by atoms with Crippen LogP contribution in [0, 0.1) is 0 Å². The fourth-order valence-electron chi connectivity index (χ4n) is 1.40. The van der Waals surface area contributed by atoms with Gasteiger partial charge in [0.2, 0.25) is 5.95 Å². The largest absolute Gasteiger partial charge is 0.378 e. The third-order valence-corrected chi connectivity index (χ3v) is 2.19. The molecule has 1 aliphatic rings. The van der Waals surface area contributed by atoms with E-state index < -0.39 is 5.91 Å². The van der Waals surface area contributed by atoms with Gasteiger partial charge in [-0.1, -0.05) is 0 Å². The van der Waals surface area contributed by atoms with Gasteiger partial charge in [0.05, 0.1) is 13.2 Å². The molecule has 0 spiro atoms. The molecule has 0 atom stereocenters. The number of hydrogen-bond donors (Lipinski definition) is 1. The van der Waals surface area contributed by atoms with Crippen molar-refractivity contribution in [2.24, 2.45) is 5.73 Å². The Kier molecular flexibility index (Phi) is 2.77. The molecule has 1 saturated heterocycles. The van der Waals surface area contributed by atoms with Crippen molar-refractivity contribution in [3.05, 3.63) is 18.0 Å². The minimum atomic E-state index is -0.535. The van der Waals surface area contributed by atoms with Crippen molar-refractivity contribution >= 4 is 11.9 Å². The second-order valence-electron chi connectivity index (χ2n) is 3.21. The van der Waals surface area contributed by atoms with Gasteiger partial charge in [-0.15, -0.1) is 0 Å². The van der Waals surface area contributed by atoms with Crippen LogP contribution in [0.3, 0.4) is 0 Å². The Labute approximate surface area is 87.1 Å². The predicted octanol–water partition coefficient (Wildman–Crippen LogP) is -0.588. The first-order valence-corrected chi connectivity index (χ1v) is 4.73. The molecule has 0 saturated carbocycles. The molecule has 80 valence electrons. The molecular formula is C9H12N4O2. The maximum absolute atomic E-state index is 10.9. The average Bonchev–Trinajstić information content (AvgIpc) is 2.30. The van der Waals surface area contributed by atoms with Gasteiger partial charge in [0.15, 0.2) is 0 Å². The first kappa shape index (κ1) is 9.85. The Bertz CT molecular complexity index is 363. The molecule has 6 heteroatoms. The van der Waals surface area contributed by atoms with E-state index in [1.54, 1.807) is 0 Å². The van der Waals surface area contributed by atoms with Gasteiger partial charge in [-0.25, -0.2) is 9.97 Å². The molecule has 0 radical (unpaired) electrons. The molecule has 1 amide bonds. The van der Waals surface area contributed by atoms with Crippen LogP contribution in [0.5, 0.6) is 0 Å². The summed E-state index contributed by atoms with van der Waals surface area (Å²) in [6.07, 6.45) is 1.54. The van der Waals surface area contributed by atoms with Crippen LogP contribution in [0.25, 0.3) is 0 Å². The second kappa shape index (κ2) is 4.22. The van der Waals surface area contributed by atoms with Crippen molar-refractivity contribution in [2.75, 3.05) is 31.2 Å². The Hall–Kier alpha value is -1.69. The van der Waals surface area contributed by atoms with Crippen molar-refractivity contribution in [2.45, 2.75) is 0 Å². The summed E-state index contributed by atoms with van der Waals surface area (Å²) in [5.74, 6) is 0.00140. The van der Waals surface area contributed by atoms with Gasteiger partial charge in [0.1, 0.15) is 5.69 Å². The fourth-order valence-corrected chi connectivity index (χ4v) is 1.40. The average molecular weight is 208 g/mol. The number of anilines is 1. The molecule has 2 rings (SSSR count). The van der Waals surface area contributed by atoms with Gasteiger partial charge < -0.3 is 15.4 Å². The fraction of sp³-hybridized carbons (Fsp3) is 0.444. The van der Waals surface area contributed by atoms with Gasteiger partial charge in [-0.3, -0.25) is 4.79 Å². The van der Waals surface area contributed by atoms with E-state index >= 15 is 0 Å². The molecular weight excluding hydrogens is 196 g/mol. The van der Waals surface area contributed by atoms with Crippen LogP contribution in [0.2, 0.25) is 0 Å². The van der Waals surface area contributed by atoms with Crippen LogP contribution in [-0.4, -0.2) is 42.2 Å². The highest BCUT2D eigenvalue weighted by molar-refractivity contribution is 5.90. The SMILES string of the molecule is NC(=O)c1ccnc(N2CCOCC2)n1. The Morgan fingerprint density at radius 3 is 2.87 bits per heavy atom. The molecule has 0 unspecified atom stereocenters. The molecule has 1 aromatic rings. The number of primary amides is 1. The molecule has 0 aliphatic carbocycles. The molecule has 1 aromatic heterocycles. The third kappa shape index (κ3) is 2.21. The number of rotatable bonds is 2. The number of hydrogen-bond acceptors (Lipinski definition) is 5. The van der Waals surface area contributed by atoms with Gasteiger partial charge in [-0.05, 0) is 6.07 Å². The minimum absolute atomic E-state index is 0.242. The van der Waals surface area contributed by atoms with E-state index in [2.05, 4.69) is 9.97 Å². The summed E-state index contributed by atoms with van der Waals surface area (Å²) in [6, 6.07) is 1.51.